The Bertz CT molecular complexity index is 1470. The van der Waals surface area contributed by atoms with Gasteiger partial charge in [-0.25, -0.2) is 4.98 Å². The molecule has 5 rings (SSSR count). The number of rotatable bonds is 9. The number of carbonyl (C=O) groups is 1. The largest absolute Gasteiger partial charge is 0.497 e. The number of likely N-dealkylation sites (tertiary alicyclic amines) is 1. The van der Waals surface area contributed by atoms with Crippen molar-refractivity contribution in [2.45, 2.75) is 53.0 Å². The van der Waals surface area contributed by atoms with Crippen LogP contribution in [0.5, 0.6) is 11.5 Å². The van der Waals surface area contributed by atoms with Crippen molar-refractivity contribution in [2.75, 3.05) is 33.5 Å². The fraction of sp³-hybridized carbons (Fsp3) is 0.394. The highest BCUT2D eigenvalue weighted by molar-refractivity contribution is 5.97. The molecule has 1 aliphatic heterocycles. The van der Waals surface area contributed by atoms with Crippen molar-refractivity contribution in [3.63, 3.8) is 0 Å². The van der Waals surface area contributed by atoms with Crippen molar-refractivity contribution in [3.05, 3.63) is 82.7 Å². The van der Waals surface area contributed by atoms with Crippen LogP contribution in [0.4, 0.5) is 0 Å². The molecule has 2 heterocycles. The average molecular weight is 542 g/mol. The van der Waals surface area contributed by atoms with Crippen molar-refractivity contribution in [1.29, 1.82) is 0 Å². The number of methoxy groups -OCH3 is 1. The van der Waals surface area contributed by atoms with Gasteiger partial charge >= 0.3 is 0 Å². The van der Waals surface area contributed by atoms with Crippen LogP contribution >= 0.6 is 0 Å². The van der Waals surface area contributed by atoms with Gasteiger partial charge < -0.3 is 19.1 Å². The highest BCUT2D eigenvalue weighted by Crippen LogP contribution is 2.37. The van der Waals surface area contributed by atoms with E-state index < -0.39 is 0 Å². The summed E-state index contributed by atoms with van der Waals surface area (Å²) in [5.41, 5.74) is 6.70. The molecule has 0 N–H and O–H groups in total. The Hall–Kier alpha value is -3.84. The fourth-order valence-corrected chi connectivity index (χ4v) is 5.73. The van der Waals surface area contributed by atoms with Gasteiger partial charge in [-0.2, -0.15) is 0 Å². The second-order valence-corrected chi connectivity index (χ2v) is 10.5. The number of hydrogen-bond donors (Lipinski definition) is 0. The summed E-state index contributed by atoms with van der Waals surface area (Å²) in [7, 11) is 1.67. The molecular weight excluding hydrogens is 502 g/mol. The number of benzene rings is 3. The molecule has 1 atom stereocenters. The molecule has 0 radical (unpaired) electrons. The summed E-state index contributed by atoms with van der Waals surface area (Å²) in [6.45, 7) is 10.4. The summed E-state index contributed by atoms with van der Waals surface area (Å²) < 4.78 is 18.9. The van der Waals surface area contributed by atoms with E-state index in [-0.39, 0.29) is 11.9 Å². The third-order valence-electron chi connectivity index (χ3n) is 7.65. The molecule has 4 aromatic rings. The first-order chi connectivity index (χ1) is 19.4. The van der Waals surface area contributed by atoms with Crippen LogP contribution < -0.4 is 9.47 Å². The van der Waals surface area contributed by atoms with E-state index in [1.54, 1.807) is 7.11 Å². The third-order valence-corrected chi connectivity index (χ3v) is 7.65. The van der Waals surface area contributed by atoms with E-state index in [1.165, 1.54) is 0 Å². The van der Waals surface area contributed by atoms with E-state index >= 15 is 0 Å². The molecule has 0 spiro atoms. The second-order valence-electron chi connectivity index (χ2n) is 10.5. The Balaban J connectivity index is 1.53. The minimum atomic E-state index is -0.142. The summed E-state index contributed by atoms with van der Waals surface area (Å²) in [6.07, 6.45) is 2.88. The number of carbonyl (C=O) groups excluding carboxylic acids is 1. The number of fused-ring (bicyclic) bond motifs is 1. The van der Waals surface area contributed by atoms with E-state index in [0.717, 1.165) is 75.6 Å². The number of nitrogens with zero attached hydrogens (tertiary/aromatic N) is 3. The lowest BCUT2D eigenvalue weighted by Gasteiger charge is -2.36. The highest BCUT2D eigenvalue weighted by atomic mass is 16.5. The lowest BCUT2D eigenvalue weighted by Crippen LogP contribution is -2.40. The predicted octanol–water partition coefficient (Wildman–Crippen LogP) is 6.74. The molecule has 7 nitrogen and oxygen atoms in total. The number of amides is 1. The normalized spacial score (nSPS) is 15.4. The number of aromatic nitrogens is 2. The smallest absolute Gasteiger partial charge is 0.255 e. The molecule has 1 aliphatic rings. The van der Waals surface area contributed by atoms with Crippen LogP contribution in [0, 0.1) is 20.8 Å². The minimum Gasteiger partial charge on any atom is -0.497 e. The van der Waals surface area contributed by atoms with Gasteiger partial charge in [-0.1, -0.05) is 6.07 Å². The van der Waals surface area contributed by atoms with Gasteiger partial charge in [0.05, 0.1) is 30.8 Å². The number of piperidine rings is 1. The first-order valence-corrected chi connectivity index (χ1v) is 14.2. The minimum absolute atomic E-state index is 0.0464. The predicted molar refractivity (Wildman–Crippen MR) is 158 cm³/mol. The summed E-state index contributed by atoms with van der Waals surface area (Å²) in [5, 5.41) is 0. The Morgan fingerprint density at radius 3 is 2.40 bits per heavy atom. The quantitative estimate of drug-likeness (QED) is 0.220. The van der Waals surface area contributed by atoms with Crippen LogP contribution in [-0.2, 0) is 4.74 Å². The van der Waals surface area contributed by atoms with E-state index in [4.69, 9.17) is 19.2 Å². The Morgan fingerprint density at radius 2 is 1.70 bits per heavy atom. The molecule has 1 unspecified atom stereocenters. The van der Waals surface area contributed by atoms with E-state index in [9.17, 15) is 4.79 Å². The summed E-state index contributed by atoms with van der Waals surface area (Å²) in [5.74, 6) is 2.50. The van der Waals surface area contributed by atoms with Gasteiger partial charge in [0.15, 0.2) is 0 Å². The van der Waals surface area contributed by atoms with Gasteiger partial charge in [0.1, 0.15) is 23.9 Å². The van der Waals surface area contributed by atoms with Gasteiger partial charge in [-0.3, -0.25) is 9.36 Å². The first-order valence-electron chi connectivity index (χ1n) is 14.2. The SMILES string of the molecule is CCOCCOc1cc(C)c(C(=O)N2CCCCC2c2nc3cc(C)ccc3n2-c2ccc(OC)cc2)c(C)c1. The zero-order chi connectivity index (χ0) is 28.2. The van der Waals surface area contributed by atoms with Crippen molar-refractivity contribution >= 4 is 16.9 Å². The van der Waals surface area contributed by atoms with Gasteiger partial charge in [0.25, 0.3) is 5.91 Å². The van der Waals surface area contributed by atoms with Gasteiger partial charge in [0.2, 0.25) is 0 Å². The maximum atomic E-state index is 14.2. The van der Waals surface area contributed by atoms with Crippen LogP contribution in [0.15, 0.2) is 54.6 Å². The Labute approximate surface area is 236 Å². The molecule has 7 heteroatoms. The maximum Gasteiger partial charge on any atom is 0.255 e. The highest BCUT2D eigenvalue weighted by Gasteiger charge is 2.34. The van der Waals surface area contributed by atoms with Crippen molar-refractivity contribution < 1.29 is 19.0 Å². The molecule has 1 amide bonds. The third kappa shape index (κ3) is 5.56. The zero-order valence-electron chi connectivity index (χ0n) is 24.2. The number of ether oxygens (including phenoxy) is 3. The van der Waals surface area contributed by atoms with Crippen molar-refractivity contribution in [3.8, 4) is 17.2 Å². The molecule has 3 aromatic carbocycles. The molecule has 1 saturated heterocycles. The fourth-order valence-electron chi connectivity index (χ4n) is 5.73. The molecule has 0 saturated carbocycles. The number of imidazole rings is 1. The summed E-state index contributed by atoms with van der Waals surface area (Å²) in [6, 6.07) is 18.2. The van der Waals surface area contributed by atoms with E-state index in [1.807, 2.05) is 49.9 Å². The van der Waals surface area contributed by atoms with E-state index in [0.29, 0.717) is 26.4 Å². The molecule has 40 heavy (non-hydrogen) atoms. The van der Waals surface area contributed by atoms with Crippen molar-refractivity contribution in [1.82, 2.24) is 14.5 Å². The van der Waals surface area contributed by atoms with Crippen molar-refractivity contribution in [2.24, 2.45) is 0 Å². The van der Waals surface area contributed by atoms with Crippen LogP contribution in [0.25, 0.3) is 16.7 Å². The van der Waals surface area contributed by atoms with Crippen LogP contribution in [0.1, 0.15) is 65.1 Å². The second kappa shape index (κ2) is 12.1. The summed E-state index contributed by atoms with van der Waals surface area (Å²) >= 11 is 0. The maximum absolute atomic E-state index is 14.2. The van der Waals surface area contributed by atoms with Crippen LogP contribution in [0.2, 0.25) is 0 Å². The average Bonchev–Trinajstić information content (AvgIpc) is 3.33. The Kier molecular flexibility index (Phi) is 8.40. The topological polar surface area (TPSA) is 65.8 Å². The molecule has 1 fully saturated rings. The standard InChI is InChI=1S/C33H39N3O4/c1-6-39-17-18-40-27-20-23(3)31(24(4)21-27)33(37)35-16-8-7-9-30(35)32-34-28-19-22(2)10-15-29(28)36(32)25-11-13-26(38-5)14-12-25/h10-15,19-21,30H,6-9,16-18H2,1-5H3. The molecule has 210 valence electrons. The molecule has 0 bridgehead atoms. The van der Waals surface area contributed by atoms with Crippen LogP contribution in [0.3, 0.4) is 0 Å². The van der Waals surface area contributed by atoms with Crippen LogP contribution in [-0.4, -0.2) is 53.8 Å². The lowest BCUT2D eigenvalue weighted by molar-refractivity contribution is 0.0597. The van der Waals surface area contributed by atoms with Gasteiger partial charge in [-0.15, -0.1) is 0 Å². The lowest BCUT2D eigenvalue weighted by atomic mass is 9.96. The Morgan fingerprint density at radius 1 is 0.950 bits per heavy atom. The monoisotopic (exact) mass is 541 g/mol. The summed E-state index contributed by atoms with van der Waals surface area (Å²) in [4.78, 5) is 21.4. The first kappa shape index (κ1) is 27.7. The molecule has 0 aliphatic carbocycles. The molecule has 1 aromatic heterocycles. The zero-order valence-corrected chi connectivity index (χ0v) is 24.2. The number of aryl methyl sites for hydroxylation is 3. The van der Waals surface area contributed by atoms with E-state index in [2.05, 4.69) is 41.8 Å². The van der Waals surface area contributed by atoms with Gasteiger partial charge in [-0.05, 0) is 112 Å². The molecular formula is C33H39N3O4. The number of hydrogen-bond acceptors (Lipinski definition) is 5. The van der Waals surface area contributed by atoms with Gasteiger partial charge in [0, 0.05) is 24.4 Å².